The van der Waals surface area contributed by atoms with Gasteiger partial charge in [0, 0.05) is 6.20 Å². The lowest BCUT2D eigenvalue weighted by Gasteiger charge is -2.05. The van der Waals surface area contributed by atoms with Crippen molar-refractivity contribution in [3.8, 4) is 6.01 Å². The van der Waals surface area contributed by atoms with Crippen LogP contribution < -0.4 is 0 Å². The average Bonchev–Trinajstić information content (AvgIpc) is 2.03. The van der Waals surface area contributed by atoms with Gasteiger partial charge in [0.15, 0.2) is 5.69 Å². The summed E-state index contributed by atoms with van der Waals surface area (Å²) in [5.41, 5.74) is -0.00583. The second-order valence-corrected chi connectivity index (χ2v) is 2.68. The zero-order valence-electron chi connectivity index (χ0n) is 7.35. The highest BCUT2D eigenvalue weighted by Crippen LogP contribution is 2.04. The molecule has 1 heterocycles. The number of ether oxygens (including phenoxy) is 1. The Morgan fingerprint density at radius 2 is 2.23 bits per heavy atom. The molecule has 0 aromatic carbocycles. The first-order valence-electron chi connectivity index (χ1n) is 3.80. The molecule has 0 N–H and O–H groups in total. The molecule has 0 saturated heterocycles. The van der Waals surface area contributed by atoms with Gasteiger partial charge in [-0.25, -0.2) is 14.9 Å². The maximum Gasteiger partial charge on any atom is 0.367 e. The van der Waals surface area contributed by atoms with Gasteiger partial charge in [-0.05, 0) is 19.9 Å². The summed E-state index contributed by atoms with van der Waals surface area (Å²) in [6.07, 6.45) is 1.00. The van der Waals surface area contributed by atoms with Gasteiger partial charge in [0.2, 0.25) is 0 Å². The van der Waals surface area contributed by atoms with Crippen LogP contribution in [0.3, 0.4) is 0 Å². The van der Waals surface area contributed by atoms with Crippen LogP contribution >= 0.6 is 0 Å². The molecule has 0 aliphatic heterocycles. The van der Waals surface area contributed by atoms with E-state index in [2.05, 4.69) is 9.97 Å². The molecule has 0 bridgehead atoms. The second kappa shape index (κ2) is 3.84. The first-order chi connectivity index (χ1) is 6.09. The molecule has 1 radical (unpaired) electrons. The molecule has 1 rings (SSSR count). The smallest absolute Gasteiger partial charge is 0.367 e. The van der Waals surface area contributed by atoms with Gasteiger partial charge in [0.25, 0.3) is 0 Å². The Kier molecular flexibility index (Phi) is 2.79. The van der Waals surface area contributed by atoms with Crippen molar-refractivity contribution in [2.75, 3.05) is 0 Å². The molecular formula is C8H9N2O3. The lowest BCUT2D eigenvalue weighted by Crippen LogP contribution is -2.12. The molecule has 0 aliphatic rings. The van der Waals surface area contributed by atoms with E-state index in [1.165, 1.54) is 12.3 Å². The van der Waals surface area contributed by atoms with Gasteiger partial charge in [-0.3, -0.25) is 0 Å². The van der Waals surface area contributed by atoms with Crippen LogP contribution in [-0.4, -0.2) is 22.0 Å². The Labute approximate surface area is 75.4 Å². The molecule has 0 aliphatic carbocycles. The van der Waals surface area contributed by atoms with E-state index in [0.29, 0.717) is 0 Å². The predicted octanol–water partition coefficient (Wildman–Crippen LogP) is 1.19. The minimum absolute atomic E-state index is 0.00583. The minimum Gasteiger partial charge on any atom is -0.458 e. The maximum absolute atomic E-state index is 11.2. The van der Waals surface area contributed by atoms with Gasteiger partial charge in [0.1, 0.15) is 0 Å². The van der Waals surface area contributed by atoms with Crippen molar-refractivity contribution in [3.05, 3.63) is 18.0 Å². The molecule has 69 valence electrons. The molecule has 0 unspecified atom stereocenters. The van der Waals surface area contributed by atoms with Crippen LogP contribution in [0.5, 0.6) is 6.01 Å². The standard InChI is InChI=1S/C8H9N2O3/c1-5(2)13-7(11)6-3-4-9-8(12)10-6/h3-5H,1-2H3. The van der Waals surface area contributed by atoms with Gasteiger partial charge in [-0.15, -0.1) is 0 Å². The molecule has 0 amide bonds. The predicted molar refractivity (Wildman–Crippen MR) is 42.7 cm³/mol. The quantitative estimate of drug-likeness (QED) is 0.642. The minimum atomic E-state index is -0.682. The SMILES string of the molecule is CC(C)OC(=O)c1ccnc([O])n1. The Morgan fingerprint density at radius 3 is 2.77 bits per heavy atom. The summed E-state index contributed by atoms with van der Waals surface area (Å²) in [6, 6.07) is 0.657. The summed E-state index contributed by atoms with van der Waals surface area (Å²) in [5, 5.41) is 10.7. The number of carbonyl (C=O) groups is 1. The Balaban J connectivity index is 2.77. The van der Waals surface area contributed by atoms with Crippen molar-refractivity contribution in [2.24, 2.45) is 0 Å². The second-order valence-electron chi connectivity index (χ2n) is 2.68. The Hall–Kier alpha value is -1.65. The largest absolute Gasteiger partial charge is 0.458 e. The van der Waals surface area contributed by atoms with Crippen LogP contribution in [0, 0.1) is 0 Å². The van der Waals surface area contributed by atoms with E-state index in [0.717, 1.165) is 0 Å². The zero-order chi connectivity index (χ0) is 9.84. The third-order valence-corrected chi connectivity index (χ3v) is 1.19. The zero-order valence-corrected chi connectivity index (χ0v) is 7.35. The van der Waals surface area contributed by atoms with Crippen LogP contribution in [-0.2, 0) is 9.84 Å². The summed E-state index contributed by atoms with van der Waals surface area (Å²) in [5.74, 6) is -0.602. The number of hydrogen-bond donors (Lipinski definition) is 0. The molecule has 0 saturated carbocycles. The van der Waals surface area contributed by atoms with Crippen molar-refractivity contribution in [1.82, 2.24) is 9.97 Å². The Bertz CT molecular complexity index is 312. The first kappa shape index (κ1) is 9.44. The highest BCUT2D eigenvalue weighted by atomic mass is 16.5. The highest BCUT2D eigenvalue weighted by molar-refractivity contribution is 5.87. The number of aromatic nitrogens is 2. The van der Waals surface area contributed by atoms with E-state index in [-0.39, 0.29) is 11.8 Å². The summed E-state index contributed by atoms with van der Waals surface area (Å²) >= 11 is 0. The highest BCUT2D eigenvalue weighted by Gasteiger charge is 2.11. The Morgan fingerprint density at radius 1 is 1.54 bits per heavy atom. The van der Waals surface area contributed by atoms with E-state index in [1.54, 1.807) is 13.8 Å². The van der Waals surface area contributed by atoms with E-state index in [9.17, 15) is 9.90 Å². The molecular weight excluding hydrogens is 172 g/mol. The number of rotatable bonds is 2. The van der Waals surface area contributed by atoms with Gasteiger partial charge in [-0.2, -0.15) is 4.98 Å². The molecule has 0 spiro atoms. The van der Waals surface area contributed by atoms with Crippen molar-refractivity contribution >= 4 is 5.97 Å². The fraction of sp³-hybridized carbons (Fsp3) is 0.375. The van der Waals surface area contributed by atoms with E-state index in [4.69, 9.17) is 4.74 Å². The van der Waals surface area contributed by atoms with Gasteiger partial charge in [0.05, 0.1) is 6.10 Å². The van der Waals surface area contributed by atoms with Crippen LogP contribution in [0.1, 0.15) is 24.3 Å². The van der Waals surface area contributed by atoms with Crippen molar-refractivity contribution in [2.45, 2.75) is 20.0 Å². The van der Waals surface area contributed by atoms with E-state index < -0.39 is 12.0 Å². The molecule has 0 atom stereocenters. The molecule has 1 aromatic heterocycles. The first-order valence-corrected chi connectivity index (χ1v) is 3.80. The van der Waals surface area contributed by atoms with Crippen molar-refractivity contribution in [3.63, 3.8) is 0 Å². The third kappa shape index (κ3) is 2.70. The molecule has 5 nitrogen and oxygen atoms in total. The van der Waals surface area contributed by atoms with E-state index in [1.807, 2.05) is 0 Å². The van der Waals surface area contributed by atoms with Gasteiger partial charge >= 0.3 is 12.0 Å². The van der Waals surface area contributed by atoms with Crippen LogP contribution in [0.4, 0.5) is 0 Å². The van der Waals surface area contributed by atoms with Gasteiger partial charge < -0.3 is 4.74 Å². The summed E-state index contributed by atoms with van der Waals surface area (Å²) in [6.45, 7) is 3.44. The summed E-state index contributed by atoms with van der Waals surface area (Å²) in [4.78, 5) is 17.9. The third-order valence-electron chi connectivity index (χ3n) is 1.19. The molecule has 1 aromatic rings. The van der Waals surface area contributed by atoms with Crippen LogP contribution in [0.25, 0.3) is 0 Å². The number of esters is 1. The number of carbonyl (C=O) groups excluding carboxylic acids is 1. The monoisotopic (exact) mass is 181 g/mol. The normalized spacial score (nSPS) is 10.1. The summed E-state index contributed by atoms with van der Waals surface area (Å²) < 4.78 is 4.82. The number of nitrogens with zero attached hydrogens (tertiary/aromatic N) is 2. The fourth-order valence-corrected chi connectivity index (χ4v) is 0.729. The van der Waals surface area contributed by atoms with Crippen molar-refractivity contribution in [1.29, 1.82) is 0 Å². The lowest BCUT2D eigenvalue weighted by molar-refractivity contribution is 0.0368. The summed E-state index contributed by atoms with van der Waals surface area (Å²) in [7, 11) is 0. The molecule has 13 heavy (non-hydrogen) atoms. The van der Waals surface area contributed by atoms with Crippen LogP contribution in [0.15, 0.2) is 12.3 Å². The lowest BCUT2D eigenvalue weighted by atomic mass is 10.4. The maximum atomic E-state index is 11.2. The molecule has 5 heteroatoms. The average molecular weight is 181 g/mol. The van der Waals surface area contributed by atoms with Crippen molar-refractivity contribution < 1.29 is 14.6 Å². The van der Waals surface area contributed by atoms with Crippen LogP contribution in [0.2, 0.25) is 0 Å². The van der Waals surface area contributed by atoms with Gasteiger partial charge in [-0.1, -0.05) is 0 Å². The fourth-order valence-electron chi connectivity index (χ4n) is 0.729. The molecule has 0 fully saturated rings. The number of hydrogen-bond acceptors (Lipinski definition) is 4. The topological polar surface area (TPSA) is 72.0 Å². The van der Waals surface area contributed by atoms with E-state index >= 15 is 0 Å².